The van der Waals surface area contributed by atoms with Gasteiger partial charge in [0.25, 0.3) is 0 Å². The molecule has 0 fully saturated rings. The normalized spacial score (nSPS) is 12.2. The quantitative estimate of drug-likeness (QED) is 0.0262. The molecule has 6 nitrogen and oxygen atoms in total. The van der Waals surface area contributed by atoms with Crippen molar-refractivity contribution in [3.63, 3.8) is 0 Å². The summed E-state index contributed by atoms with van der Waals surface area (Å²) in [4.78, 5) is 38.1. The van der Waals surface area contributed by atoms with Gasteiger partial charge in [0.1, 0.15) is 13.2 Å². The molecule has 0 aromatic carbocycles. The standard InChI is InChI=1S/C61H112O6/c1-4-7-10-13-16-19-22-25-28-29-30-31-32-33-34-37-39-42-45-48-51-54-60(63)66-57-58(67-61(64)55-52-49-46-43-40-36-27-24-21-18-15-12-9-6-3)56-65-59(62)53-50-47-44-41-38-35-26-23-20-17-14-11-8-5-2/h22,24-25,27,29-30,58H,4-21,23,26,28,31-57H2,1-3H3/b25-22-,27-24-,30-29-. The molecule has 0 saturated heterocycles. The molecule has 0 spiro atoms. The van der Waals surface area contributed by atoms with Gasteiger partial charge in [-0.05, 0) is 77.0 Å². The first kappa shape index (κ1) is 64.6. The molecule has 1 atom stereocenters. The molecule has 0 saturated carbocycles. The van der Waals surface area contributed by atoms with Crippen molar-refractivity contribution in [3.05, 3.63) is 36.5 Å². The second kappa shape index (κ2) is 56.2. The van der Waals surface area contributed by atoms with Crippen LogP contribution in [0, 0.1) is 0 Å². The molecule has 1 unspecified atom stereocenters. The lowest BCUT2D eigenvalue weighted by Gasteiger charge is -2.18. The summed E-state index contributed by atoms with van der Waals surface area (Å²) in [5.41, 5.74) is 0. The first-order valence-corrected chi connectivity index (χ1v) is 29.5. The molecule has 0 amide bonds. The van der Waals surface area contributed by atoms with Crippen LogP contribution in [0.1, 0.15) is 316 Å². The first-order valence-electron chi connectivity index (χ1n) is 29.5. The summed E-state index contributed by atoms with van der Waals surface area (Å²) in [6.07, 6.45) is 67.0. The van der Waals surface area contributed by atoms with E-state index in [1.165, 1.54) is 205 Å². The number of rotatable bonds is 54. The third-order valence-electron chi connectivity index (χ3n) is 13.1. The lowest BCUT2D eigenvalue weighted by Crippen LogP contribution is -2.30. The van der Waals surface area contributed by atoms with Gasteiger partial charge < -0.3 is 14.2 Å². The fourth-order valence-electron chi connectivity index (χ4n) is 8.65. The van der Waals surface area contributed by atoms with Gasteiger partial charge in [0, 0.05) is 19.3 Å². The summed E-state index contributed by atoms with van der Waals surface area (Å²) in [6.45, 7) is 6.65. The van der Waals surface area contributed by atoms with Crippen LogP contribution in [0.3, 0.4) is 0 Å². The van der Waals surface area contributed by atoms with E-state index in [0.717, 1.165) is 70.6 Å². The van der Waals surface area contributed by atoms with Crippen molar-refractivity contribution in [2.75, 3.05) is 13.2 Å². The Morgan fingerprint density at radius 1 is 0.299 bits per heavy atom. The number of ether oxygens (including phenoxy) is 3. The van der Waals surface area contributed by atoms with Crippen LogP contribution >= 0.6 is 0 Å². The molecular formula is C61H112O6. The smallest absolute Gasteiger partial charge is 0.306 e. The molecule has 0 N–H and O–H groups in total. The highest BCUT2D eigenvalue weighted by atomic mass is 16.6. The molecule has 0 aliphatic carbocycles. The van der Waals surface area contributed by atoms with Crippen LogP contribution in [-0.2, 0) is 28.6 Å². The predicted octanol–water partition coefficient (Wildman–Crippen LogP) is 19.7. The highest BCUT2D eigenvalue weighted by Crippen LogP contribution is 2.16. The molecule has 0 aliphatic rings. The summed E-state index contributed by atoms with van der Waals surface area (Å²) in [5.74, 6) is -0.869. The second-order valence-electron chi connectivity index (χ2n) is 19.9. The molecular weight excluding hydrogens is 829 g/mol. The van der Waals surface area contributed by atoms with Crippen LogP contribution in [0.4, 0.5) is 0 Å². The van der Waals surface area contributed by atoms with Gasteiger partial charge in [-0.1, -0.05) is 256 Å². The van der Waals surface area contributed by atoms with Crippen LogP contribution in [0.2, 0.25) is 0 Å². The molecule has 0 aromatic rings. The minimum absolute atomic E-state index is 0.0730. The van der Waals surface area contributed by atoms with Crippen molar-refractivity contribution in [3.8, 4) is 0 Å². The maximum Gasteiger partial charge on any atom is 0.306 e. The zero-order valence-corrected chi connectivity index (χ0v) is 44.9. The van der Waals surface area contributed by atoms with Gasteiger partial charge in [0.2, 0.25) is 0 Å². The number of allylic oxidation sites excluding steroid dienone is 6. The number of unbranched alkanes of at least 4 members (excludes halogenated alkanes) is 37. The van der Waals surface area contributed by atoms with E-state index in [-0.39, 0.29) is 31.1 Å². The molecule has 0 bridgehead atoms. The first-order chi connectivity index (χ1) is 33.0. The molecule has 0 aromatic heterocycles. The molecule has 67 heavy (non-hydrogen) atoms. The van der Waals surface area contributed by atoms with Gasteiger partial charge in [-0.15, -0.1) is 0 Å². The van der Waals surface area contributed by atoms with E-state index in [9.17, 15) is 14.4 Å². The Labute approximate surface area is 416 Å². The van der Waals surface area contributed by atoms with Crippen LogP contribution in [0.25, 0.3) is 0 Å². The van der Waals surface area contributed by atoms with E-state index in [0.29, 0.717) is 19.3 Å². The Morgan fingerprint density at radius 3 is 0.836 bits per heavy atom. The van der Waals surface area contributed by atoms with E-state index < -0.39 is 6.10 Å². The van der Waals surface area contributed by atoms with Gasteiger partial charge in [0.15, 0.2) is 6.10 Å². The highest BCUT2D eigenvalue weighted by Gasteiger charge is 2.19. The van der Waals surface area contributed by atoms with Crippen LogP contribution < -0.4 is 0 Å². The Kier molecular flexibility index (Phi) is 54.2. The Balaban J connectivity index is 4.31. The van der Waals surface area contributed by atoms with Gasteiger partial charge in [-0.3, -0.25) is 14.4 Å². The van der Waals surface area contributed by atoms with Gasteiger partial charge in [0.05, 0.1) is 0 Å². The molecule has 0 radical (unpaired) electrons. The second-order valence-corrected chi connectivity index (χ2v) is 19.9. The Morgan fingerprint density at radius 2 is 0.537 bits per heavy atom. The van der Waals surface area contributed by atoms with Crippen LogP contribution in [0.15, 0.2) is 36.5 Å². The van der Waals surface area contributed by atoms with Gasteiger partial charge in [-0.2, -0.15) is 0 Å². The highest BCUT2D eigenvalue weighted by molar-refractivity contribution is 5.71. The number of hydrogen-bond donors (Lipinski definition) is 0. The number of esters is 3. The minimum Gasteiger partial charge on any atom is -0.462 e. The van der Waals surface area contributed by atoms with E-state index >= 15 is 0 Å². The average molecular weight is 942 g/mol. The van der Waals surface area contributed by atoms with E-state index in [1.54, 1.807) is 0 Å². The monoisotopic (exact) mass is 941 g/mol. The van der Waals surface area contributed by atoms with Crippen molar-refractivity contribution in [2.24, 2.45) is 0 Å². The number of carbonyl (C=O) groups is 3. The lowest BCUT2D eigenvalue weighted by atomic mass is 10.0. The lowest BCUT2D eigenvalue weighted by molar-refractivity contribution is -0.167. The van der Waals surface area contributed by atoms with Crippen molar-refractivity contribution < 1.29 is 28.6 Å². The van der Waals surface area contributed by atoms with Crippen molar-refractivity contribution in [1.29, 1.82) is 0 Å². The average Bonchev–Trinajstić information content (AvgIpc) is 3.33. The zero-order valence-electron chi connectivity index (χ0n) is 44.9. The summed E-state index contributed by atoms with van der Waals surface area (Å²) in [6, 6.07) is 0. The van der Waals surface area contributed by atoms with Crippen molar-refractivity contribution >= 4 is 17.9 Å². The van der Waals surface area contributed by atoms with Crippen molar-refractivity contribution in [1.82, 2.24) is 0 Å². The fraction of sp³-hybridized carbons (Fsp3) is 0.852. The topological polar surface area (TPSA) is 78.9 Å². The van der Waals surface area contributed by atoms with E-state index in [4.69, 9.17) is 14.2 Å². The van der Waals surface area contributed by atoms with Gasteiger partial charge >= 0.3 is 17.9 Å². The van der Waals surface area contributed by atoms with E-state index in [2.05, 4.69) is 57.2 Å². The number of carbonyl (C=O) groups excluding carboxylic acids is 3. The maximum atomic E-state index is 12.8. The third kappa shape index (κ3) is 54.4. The SMILES string of the molecule is CCCCCCC/C=C\C/C=C\CCCCCCCCCCCC(=O)OCC(COC(=O)CCCCCCCCCCCCCCCC)OC(=O)CCCCCCC/C=C\CCCCCCC. The van der Waals surface area contributed by atoms with Crippen molar-refractivity contribution in [2.45, 2.75) is 322 Å². The minimum atomic E-state index is -0.775. The number of hydrogen-bond acceptors (Lipinski definition) is 6. The fourth-order valence-corrected chi connectivity index (χ4v) is 8.65. The summed E-state index contributed by atoms with van der Waals surface area (Å²) in [5, 5.41) is 0. The predicted molar refractivity (Wildman–Crippen MR) is 289 cm³/mol. The Bertz CT molecular complexity index is 1130. The molecule has 392 valence electrons. The van der Waals surface area contributed by atoms with Gasteiger partial charge in [-0.25, -0.2) is 0 Å². The molecule has 0 aliphatic heterocycles. The molecule has 0 rings (SSSR count). The summed E-state index contributed by atoms with van der Waals surface area (Å²) < 4.78 is 16.9. The molecule has 6 heteroatoms. The zero-order chi connectivity index (χ0) is 48.6. The van der Waals surface area contributed by atoms with Crippen LogP contribution in [-0.4, -0.2) is 37.2 Å². The molecule has 0 heterocycles. The Hall–Kier alpha value is -2.37. The maximum absolute atomic E-state index is 12.8. The largest absolute Gasteiger partial charge is 0.462 e. The summed E-state index contributed by atoms with van der Waals surface area (Å²) >= 11 is 0. The summed E-state index contributed by atoms with van der Waals surface area (Å²) in [7, 11) is 0. The third-order valence-corrected chi connectivity index (χ3v) is 13.1. The van der Waals surface area contributed by atoms with Crippen LogP contribution in [0.5, 0.6) is 0 Å². The van der Waals surface area contributed by atoms with E-state index in [1.807, 2.05) is 0 Å².